The van der Waals surface area contributed by atoms with Crippen molar-refractivity contribution in [1.82, 2.24) is 19.8 Å². The molecule has 5 rings (SSSR count). The predicted octanol–water partition coefficient (Wildman–Crippen LogP) is 7.07. The number of hydrogen-bond acceptors (Lipinski definition) is 4. The zero-order valence-corrected chi connectivity index (χ0v) is 22.0. The molecule has 0 radical (unpaired) electrons. The molecule has 0 unspecified atom stereocenters. The summed E-state index contributed by atoms with van der Waals surface area (Å²) in [4.78, 5) is 19.5. The molecule has 2 aromatic carbocycles. The van der Waals surface area contributed by atoms with Crippen LogP contribution in [-0.4, -0.2) is 39.9 Å². The van der Waals surface area contributed by atoms with Gasteiger partial charge in [0.15, 0.2) is 0 Å². The number of amides is 1. The summed E-state index contributed by atoms with van der Waals surface area (Å²) < 4.78 is 44.5. The lowest BCUT2D eigenvalue weighted by Crippen LogP contribution is -2.34. The van der Waals surface area contributed by atoms with Crippen LogP contribution >= 0.6 is 23.2 Å². The summed E-state index contributed by atoms with van der Waals surface area (Å²) in [6.07, 6.45) is 1.29. The van der Waals surface area contributed by atoms with E-state index in [1.165, 1.54) is 18.2 Å². The lowest BCUT2D eigenvalue weighted by molar-refractivity contribution is -0.274. The molecule has 0 bridgehead atoms. The van der Waals surface area contributed by atoms with Crippen LogP contribution in [0.5, 0.6) is 5.75 Å². The number of ether oxygens (including phenoxy) is 1. The number of nitrogens with zero attached hydrogens (tertiary/aromatic N) is 3. The van der Waals surface area contributed by atoms with E-state index in [-0.39, 0.29) is 18.3 Å². The highest BCUT2D eigenvalue weighted by atomic mass is 35.5. The van der Waals surface area contributed by atoms with Crippen molar-refractivity contribution in [3.05, 3.63) is 99.4 Å². The van der Waals surface area contributed by atoms with Gasteiger partial charge < -0.3 is 10.1 Å². The van der Waals surface area contributed by atoms with Crippen LogP contribution in [0.4, 0.5) is 18.0 Å². The van der Waals surface area contributed by atoms with Crippen molar-refractivity contribution in [1.29, 1.82) is 0 Å². The molecule has 202 valence electrons. The first kappa shape index (κ1) is 27.1. The molecule has 0 aliphatic carbocycles. The number of aromatic nitrogens is 2. The Kier molecular flexibility index (Phi) is 7.83. The fraction of sp³-hybridized carbons (Fsp3) is 0.214. The Labute approximate surface area is 232 Å². The zero-order chi connectivity index (χ0) is 27.6. The molecule has 4 aromatic rings. The number of nitrogens with one attached hydrogen (secondary N) is 1. The van der Waals surface area contributed by atoms with Crippen molar-refractivity contribution in [3.8, 4) is 5.75 Å². The molecule has 1 aliphatic heterocycles. The minimum Gasteiger partial charge on any atom is -0.406 e. The number of benzene rings is 2. The fourth-order valence-electron chi connectivity index (χ4n) is 4.70. The summed E-state index contributed by atoms with van der Waals surface area (Å²) in [6.45, 7) is 1.98. The molecule has 1 amide bonds. The fourth-order valence-corrected chi connectivity index (χ4v) is 5.02. The second kappa shape index (κ2) is 11.3. The Morgan fingerprint density at radius 3 is 2.64 bits per heavy atom. The number of fused-ring (bicyclic) bond motifs is 3. The van der Waals surface area contributed by atoms with Crippen molar-refractivity contribution in [2.24, 2.45) is 0 Å². The Hall–Kier alpha value is -3.53. The van der Waals surface area contributed by atoms with Gasteiger partial charge in [0.2, 0.25) is 0 Å². The molecule has 3 heterocycles. The number of alkyl halides is 3. The van der Waals surface area contributed by atoms with Gasteiger partial charge in [-0.2, -0.15) is 0 Å². The summed E-state index contributed by atoms with van der Waals surface area (Å²) in [6, 6.07) is 14.5. The largest absolute Gasteiger partial charge is 0.573 e. The van der Waals surface area contributed by atoms with Crippen LogP contribution in [0.3, 0.4) is 0 Å². The van der Waals surface area contributed by atoms with E-state index in [9.17, 15) is 18.0 Å². The molecule has 2 aromatic heterocycles. The van der Waals surface area contributed by atoms with Crippen molar-refractivity contribution < 1.29 is 22.7 Å². The lowest BCUT2D eigenvalue weighted by Gasteiger charge is -2.27. The van der Waals surface area contributed by atoms with Crippen LogP contribution in [0.15, 0.2) is 66.9 Å². The average molecular weight is 575 g/mol. The summed E-state index contributed by atoms with van der Waals surface area (Å²) in [5, 5.41) is 4.40. The van der Waals surface area contributed by atoms with Gasteiger partial charge in [-0.05, 0) is 59.2 Å². The molecule has 1 N–H and O–H groups in total. The van der Waals surface area contributed by atoms with Crippen molar-refractivity contribution >= 4 is 46.2 Å². The monoisotopic (exact) mass is 574 g/mol. The third kappa shape index (κ3) is 6.55. The standard InChI is InChI=1S/C28H23Cl2F3N4O2/c29-20-5-3-18(4-6-20)2-1-12-36-13-10-25-23(17-36)22-15-21(39-28(31,32)33)7-8-24(22)37(25)27(38)35-16-19-9-11-34-26(30)14-19/h1-9,11,14-15H,10,12-13,16-17H2,(H,35,38). The molecule has 0 saturated heterocycles. The molecule has 39 heavy (non-hydrogen) atoms. The van der Waals surface area contributed by atoms with E-state index < -0.39 is 6.36 Å². The second-order valence-corrected chi connectivity index (χ2v) is 9.90. The molecule has 0 fully saturated rings. The Bertz CT molecular complexity index is 1530. The quantitative estimate of drug-likeness (QED) is 0.250. The molecule has 6 nitrogen and oxygen atoms in total. The number of rotatable bonds is 6. The van der Waals surface area contributed by atoms with Crippen LogP contribution in [0, 0.1) is 0 Å². The number of carbonyl (C=O) groups excluding carboxylic acids is 1. The van der Waals surface area contributed by atoms with Gasteiger partial charge in [-0.1, -0.05) is 47.5 Å². The van der Waals surface area contributed by atoms with Gasteiger partial charge in [0.05, 0.1) is 5.52 Å². The highest BCUT2D eigenvalue weighted by Gasteiger charge is 2.32. The van der Waals surface area contributed by atoms with E-state index in [1.54, 1.807) is 22.9 Å². The summed E-state index contributed by atoms with van der Waals surface area (Å²) in [7, 11) is 0. The van der Waals surface area contributed by atoms with E-state index in [4.69, 9.17) is 23.2 Å². The SMILES string of the molecule is O=C(NCc1ccnc(Cl)c1)n1c2c(c3cc(OC(F)(F)F)ccc31)CN(CC=Cc1ccc(Cl)cc1)CC2. The third-order valence-corrected chi connectivity index (χ3v) is 6.87. The normalized spacial score (nSPS) is 14.1. The summed E-state index contributed by atoms with van der Waals surface area (Å²) in [5.41, 5.74) is 3.85. The first-order valence-electron chi connectivity index (χ1n) is 12.1. The number of carbonyl (C=O) groups is 1. The maximum Gasteiger partial charge on any atom is 0.573 e. The van der Waals surface area contributed by atoms with Crippen LogP contribution in [0.25, 0.3) is 17.0 Å². The highest BCUT2D eigenvalue weighted by Crippen LogP contribution is 2.35. The molecular formula is C28H23Cl2F3N4O2. The number of pyridine rings is 1. The van der Waals surface area contributed by atoms with Crippen LogP contribution < -0.4 is 10.1 Å². The average Bonchev–Trinajstić information content (AvgIpc) is 3.21. The Balaban J connectivity index is 1.42. The van der Waals surface area contributed by atoms with E-state index in [2.05, 4.69) is 19.9 Å². The molecule has 0 spiro atoms. The second-order valence-electron chi connectivity index (χ2n) is 9.07. The number of hydrogen-bond donors (Lipinski definition) is 1. The summed E-state index contributed by atoms with van der Waals surface area (Å²) >= 11 is 11.9. The van der Waals surface area contributed by atoms with Gasteiger partial charge in [-0.25, -0.2) is 9.78 Å². The van der Waals surface area contributed by atoms with Crippen molar-refractivity contribution in [3.63, 3.8) is 0 Å². The molecule has 0 atom stereocenters. The molecule has 11 heteroatoms. The van der Waals surface area contributed by atoms with Gasteiger partial charge in [0, 0.05) is 54.9 Å². The molecular weight excluding hydrogens is 552 g/mol. The first-order valence-corrected chi connectivity index (χ1v) is 12.9. The number of halogens is 5. The van der Waals surface area contributed by atoms with E-state index in [0.717, 1.165) is 22.4 Å². The van der Waals surface area contributed by atoms with Gasteiger partial charge >= 0.3 is 12.4 Å². The third-order valence-electron chi connectivity index (χ3n) is 6.41. The topological polar surface area (TPSA) is 59.4 Å². The van der Waals surface area contributed by atoms with E-state index in [1.807, 2.05) is 36.4 Å². The highest BCUT2D eigenvalue weighted by molar-refractivity contribution is 6.30. The Morgan fingerprint density at radius 1 is 1.10 bits per heavy atom. The van der Waals surface area contributed by atoms with Crippen molar-refractivity contribution in [2.45, 2.75) is 25.9 Å². The van der Waals surface area contributed by atoms with E-state index >= 15 is 0 Å². The lowest BCUT2D eigenvalue weighted by atomic mass is 10.0. The van der Waals surface area contributed by atoms with Crippen molar-refractivity contribution in [2.75, 3.05) is 13.1 Å². The minimum atomic E-state index is -4.82. The Morgan fingerprint density at radius 2 is 1.90 bits per heavy atom. The predicted molar refractivity (Wildman–Crippen MR) is 145 cm³/mol. The molecule has 1 aliphatic rings. The van der Waals surface area contributed by atoms with Crippen LogP contribution in [-0.2, 0) is 19.5 Å². The van der Waals surface area contributed by atoms with Crippen LogP contribution in [0.2, 0.25) is 10.2 Å². The van der Waals surface area contributed by atoms with Gasteiger partial charge in [0.25, 0.3) is 0 Å². The van der Waals surface area contributed by atoms with Gasteiger partial charge in [-0.3, -0.25) is 9.47 Å². The minimum absolute atomic E-state index is 0.215. The van der Waals surface area contributed by atoms with Gasteiger partial charge in [0.1, 0.15) is 10.9 Å². The molecule has 0 saturated carbocycles. The zero-order valence-electron chi connectivity index (χ0n) is 20.5. The first-order chi connectivity index (χ1) is 18.7. The maximum atomic E-state index is 13.4. The van der Waals surface area contributed by atoms with Gasteiger partial charge in [-0.15, -0.1) is 13.2 Å². The maximum absolute atomic E-state index is 13.4. The smallest absolute Gasteiger partial charge is 0.406 e. The van der Waals surface area contributed by atoms with Crippen LogP contribution in [0.1, 0.15) is 22.4 Å². The van der Waals surface area contributed by atoms with E-state index in [0.29, 0.717) is 47.1 Å². The summed E-state index contributed by atoms with van der Waals surface area (Å²) in [5.74, 6) is -0.332.